The summed E-state index contributed by atoms with van der Waals surface area (Å²) in [6.07, 6.45) is 1.91. The fraction of sp³-hybridized carbons (Fsp3) is 0.300. The van der Waals surface area contributed by atoms with Crippen LogP contribution in [0.25, 0.3) is 11.0 Å². The normalized spacial score (nSPS) is 13.3. The predicted molar refractivity (Wildman–Crippen MR) is 63.9 cm³/mol. The van der Waals surface area contributed by atoms with Crippen LogP contribution < -0.4 is 4.72 Å². The first kappa shape index (κ1) is 12.5. The molecule has 2 heterocycles. The average molecular weight is 265 g/mol. The summed E-state index contributed by atoms with van der Waals surface area (Å²) in [7, 11) is -3.80. The Kier molecular flexibility index (Phi) is 3.27. The molecule has 94 valence electrons. The Labute approximate surface area is 104 Å². The summed E-state index contributed by atoms with van der Waals surface area (Å²) in [6, 6.07) is 4.35. The van der Waals surface area contributed by atoms with Crippen LogP contribution in [-0.4, -0.2) is 29.6 Å². The molecule has 0 amide bonds. The van der Waals surface area contributed by atoms with E-state index >= 15 is 0 Å². The first-order chi connectivity index (χ1) is 8.58. The lowest BCUT2D eigenvalue weighted by Crippen LogP contribution is -2.33. The van der Waals surface area contributed by atoms with Gasteiger partial charge in [0.1, 0.15) is 6.04 Å². The Morgan fingerprint density at radius 1 is 1.61 bits per heavy atom. The van der Waals surface area contributed by atoms with Gasteiger partial charge in [-0.25, -0.2) is 13.4 Å². The highest BCUT2D eigenvalue weighted by Gasteiger charge is 2.23. The van der Waals surface area contributed by atoms with E-state index in [1.807, 2.05) is 6.07 Å². The Balaban J connectivity index is 2.45. The van der Waals surface area contributed by atoms with Crippen LogP contribution in [0.4, 0.5) is 0 Å². The van der Waals surface area contributed by atoms with Gasteiger partial charge in [-0.3, -0.25) is 5.10 Å². The summed E-state index contributed by atoms with van der Waals surface area (Å²) in [5.41, 5.74) is 0.322. The van der Waals surface area contributed by atoms with Crippen molar-refractivity contribution in [2.45, 2.75) is 24.4 Å². The number of nitrogens with zero attached hydrogens (tertiary/aromatic N) is 3. The van der Waals surface area contributed by atoms with Crippen LogP contribution in [0, 0.1) is 11.3 Å². The van der Waals surface area contributed by atoms with Crippen LogP contribution in [-0.2, 0) is 10.0 Å². The number of hydrogen-bond donors (Lipinski definition) is 2. The van der Waals surface area contributed by atoms with Gasteiger partial charge < -0.3 is 0 Å². The van der Waals surface area contributed by atoms with E-state index in [1.165, 1.54) is 6.20 Å². The lowest BCUT2D eigenvalue weighted by atomic mass is 10.3. The molecule has 0 radical (unpaired) electrons. The molecule has 2 rings (SSSR count). The molecular weight excluding hydrogens is 254 g/mol. The van der Waals surface area contributed by atoms with E-state index < -0.39 is 16.1 Å². The topological polar surface area (TPSA) is 112 Å². The maximum absolute atomic E-state index is 12.1. The molecule has 0 aliphatic heterocycles. The van der Waals surface area contributed by atoms with E-state index in [0.29, 0.717) is 17.5 Å². The van der Waals surface area contributed by atoms with Gasteiger partial charge in [0.25, 0.3) is 10.0 Å². The number of nitriles is 1. The average Bonchev–Trinajstić information content (AvgIpc) is 2.80. The largest absolute Gasteiger partial charge is 0.263 e. The van der Waals surface area contributed by atoms with Crippen LogP contribution in [0.15, 0.2) is 23.4 Å². The zero-order valence-corrected chi connectivity index (χ0v) is 10.4. The molecular formula is C10H11N5O2S. The van der Waals surface area contributed by atoms with Crippen molar-refractivity contribution < 1.29 is 8.42 Å². The number of pyridine rings is 1. The van der Waals surface area contributed by atoms with Crippen molar-refractivity contribution in [3.63, 3.8) is 0 Å². The predicted octanol–water partition coefficient (Wildman–Crippen LogP) is 0.538. The van der Waals surface area contributed by atoms with Gasteiger partial charge >= 0.3 is 0 Å². The molecule has 0 saturated heterocycles. The van der Waals surface area contributed by atoms with E-state index in [9.17, 15) is 8.42 Å². The molecule has 1 unspecified atom stereocenters. The zero-order valence-electron chi connectivity index (χ0n) is 9.58. The summed E-state index contributed by atoms with van der Waals surface area (Å²) >= 11 is 0. The van der Waals surface area contributed by atoms with Gasteiger partial charge in [-0.05, 0) is 18.6 Å². The number of aromatic nitrogens is 3. The second-order valence-corrected chi connectivity index (χ2v) is 5.29. The molecule has 0 aliphatic rings. The first-order valence-corrected chi connectivity index (χ1v) is 6.78. The van der Waals surface area contributed by atoms with E-state index in [4.69, 9.17) is 5.26 Å². The van der Waals surface area contributed by atoms with Crippen LogP contribution in [0.1, 0.15) is 13.3 Å². The smallest absolute Gasteiger partial charge is 0.259 e. The van der Waals surface area contributed by atoms with Crippen molar-refractivity contribution in [2.75, 3.05) is 0 Å². The lowest BCUT2D eigenvalue weighted by Gasteiger charge is -2.08. The summed E-state index contributed by atoms with van der Waals surface area (Å²) in [4.78, 5) is 3.94. The highest BCUT2D eigenvalue weighted by atomic mass is 32.2. The molecule has 1 atom stereocenters. The summed E-state index contributed by atoms with van der Waals surface area (Å²) in [5, 5.41) is 15.4. The first-order valence-electron chi connectivity index (χ1n) is 5.29. The van der Waals surface area contributed by atoms with E-state index in [-0.39, 0.29) is 5.03 Å². The number of H-pyrrole nitrogens is 1. The SMILES string of the molecule is CCC(C#N)NS(=O)(=O)c1[nH]nc2ncccc12. The van der Waals surface area contributed by atoms with Gasteiger partial charge in [-0.1, -0.05) is 6.92 Å². The van der Waals surface area contributed by atoms with Crippen molar-refractivity contribution >= 4 is 21.1 Å². The molecule has 0 fully saturated rings. The molecule has 0 saturated carbocycles. The Bertz CT molecular complexity index is 700. The van der Waals surface area contributed by atoms with Gasteiger partial charge in [0.2, 0.25) is 0 Å². The minimum Gasteiger partial charge on any atom is -0.263 e. The molecule has 2 aromatic heterocycles. The second kappa shape index (κ2) is 4.72. The van der Waals surface area contributed by atoms with Crippen LogP contribution in [0.2, 0.25) is 0 Å². The van der Waals surface area contributed by atoms with E-state index in [0.717, 1.165) is 0 Å². The zero-order chi connectivity index (χ0) is 13.2. The Morgan fingerprint density at radius 3 is 3.06 bits per heavy atom. The van der Waals surface area contributed by atoms with E-state index in [2.05, 4.69) is 19.9 Å². The quantitative estimate of drug-likeness (QED) is 0.837. The molecule has 2 aromatic rings. The number of rotatable bonds is 4. The molecule has 7 nitrogen and oxygen atoms in total. The maximum atomic E-state index is 12.1. The molecule has 0 aromatic carbocycles. The molecule has 0 spiro atoms. The highest BCUT2D eigenvalue weighted by molar-refractivity contribution is 7.89. The molecule has 0 bridgehead atoms. The molecule has 2 N–H and O–H groups in total. The molecule has 8 heteroatoms. The standard InChI is InChI=1S/C10H11N5O2S/c1-2-7(6-11)15-18(16,17)10-8-4-3-5-12-9(8)13-14-10/h3-5,7,15H,2H2,1H3,(H,12,13,14). The third-order valence-corrected chi connectivity index (χ3v) is 3.87. The van der Waals surface area contributed by atoms with Crippen LogP contribution >= 0.6 is 0 Å². The Hall–Kier alpha value is -1.98. The summed E-state index contributed by atoms with van der Waals surface area (Å²) < 4.78 is 26.4. The number of fused-ring (bicyclic) bond motifs is 1. The lowest BCUT2D eigenvalue weighted by molar-refractivity contribution is 0.566. The van der Waals surface area contributed by atoms with Crippen molar-refractivity contribution in [2.24, 2.45) is 0 Å². The van der Waals surface area contributed by atoms with Crippen LogP contribution in [0.5, 0.6) is 0 Å². The van der Waals surface area contributed by atoms with E-state index in [1.54, 1.807) is 19.1 Å². The van der Waals surface area contributed by atoms with Crippen molar-refractivity contribution in [1.82, 2.24) is 19.9 Å². The third kappa shape index (κ3) is 2.18. The minimum atomic E-state index is -3.80. The highest BCUT2D eigenvalue weighted by Crippen LogP contribution is 2.18. The fourth-order valence-electron chi connectivity index (χ4n) is 1.48. The number of hydrogen-bond acceptors (Lipinski definition) is 5. The number of aromatic amines is 1. The summed E-state index contributed by atoms with van der Waals surface area (Å²) in [5.74, 6) is 0. The number of sulfonamides is 1. The minimum absolute atomic E-state index is 0.0701. The van der Waals surface area contributed by atoms with Gasteiger partial charge in [0.05, 0.1) is 11.5 Å². The summed E-state index contributed by atoms with van der Waals surface area (Å²) in [6.45, 7) is 1.73. The maximum Gasteiger partial charge on any atom is 0.259 e. The third-order valence-electron chi connectivity index (χ3n) is 2.42. The second-order valence-electron chi connectivity index (χ2n) is 3.64. The van der Waals surface area contributed by atoms with Crippen molar-refractivity contribution in [1.29, 1.82) is 5.26 Å². The fourth-order valence-corrected chi connectivity index (χ4v) is 2.81. The monoisotopic (exact) mass is 265 g/mol. The Morgan fingerprint density at radius 2 is 2.39 bits per heavy atom. The van der Waals surface area contributed by atoms with Crippen molar-refractivity contribution in [3.05, 3.63) is 18.3 Å². The van der Waals surface area contributed by atoms with Gasteiger partial charge in [-0.15, -0.1) is 0 Å². The van der Waals surface area contributed by atoms with Crippen molar-refractivity contribution in [3.8, 4) is 6.07 Å². The van der Waals surface area contributed by atoms with Gasteiger partial charge in [-0.2, -0.15) is 15.1 Å². The molecule has 18 heavy (non-hydrogen) atoms. The van der Waals surface area contributed by atoms with Gasteiger partial charge in [0.15, 0.2) is 10.7 Å². The van der Waals surface area contributed by atoms with Crippen LogP contribution in [0.3, 0.4) is 0 Å². The molecule has 0 aliphatic carbocycles. The van der Waals surface area contributed by atoms with Gasteiger partial charge in [0, 0.05) is 6.20 Å². The number of nitrogens with one attached hydrogen (secondary N) is 2.